The minimum atomic E-state index is 0.0710. The molecule has 6 heteroatoms. The Balaban J connectivity index is 1.45. The van der Waals surface area contributed by atoms with Crippen LogP contribution < -0.4 is 0 Å². The molecule has 0 N–H and O–H groups in total. The Morgan fingerprint density at radius 1 is 0.387 bits per heavy atom. The van der Waals surface area contributed by atoms with E-state index in [0.717, 1.165) is 159 Å². The van der Waals surface area contributed by atoms with Gasteiger partial charge in [-0.1, -0.05) is 178 Å². The second-order valence-electron chi connectivity index (χ2n) is 17.1. The van der Waals surface area contributed by atoms with Gasteiger partial charge in [-0.15, -0.1) is 0 Å². The van der Waals surface area contributed by atoms with E-state index in [0.29, 0.717) is 11.1 Å². The summed E-state index contributed by atoms with van der Waals surface area (Å²) in [4.78, 5) is 44.3. The number of nitrogens with zero attached hydrogens (tertiary/aromatic N) is 4. The SMILES string of the molecule is CCCCCCN(CCCCCC)C(=O)c1cc(-c2ccccc2)nc2ccc(-c3ccc4nc(-c5ccccc5)cc(C(=O)N(CCCCCC)CCCCCC)c4c3)cc12. The minimum Gasteiger partial charge on any atom is -0.339 e. The van der Waals surface area contributed by atoms with Gasteiger partial charge in [0.2, 0.25) is 0 Å². The number of hydrogen-bond acceptors (Lipinski definition) is 4. The van der Waals surface area contributed by atoms with E-state index in [2.05, 4.69) is 98.2 Å². The first-order chi connectivity index (χ1) is 30.4. The first-order valence-electron chi connectivity index (χ1n) is 24.0. The van der Waals surface area contributed by atoms with Crippen LogP contribution in [0.25, 0.3) is 55.4 Å². The molecule has 6 aromatic rings. The molecule has 0 aliphatic heterocycles. The van der Waals surface area contributed by atoms with E-state index >= 15 is 0 Å². The van der Waals surface area contributed by atoms with E-state index in [4.69, 9.17) is 9.97 Å². The molecule has 4 aromatic carbocycles. The molecule has 0 aliphatic rings. The van der Waals surface area contributed by atoms with Crippen LogP contribution in [0, 0.1) is 0 Å². The zero-order chi connectivity index (χ0) is 43.5. The van der Waals surface area contributed by atoms with E-state index < -0.39 is 0 Å². The van der Waals surface area contributed by atoms with Crippen molar-refractivity contribution in [1.82, 2.24) is 19.8 Å². The van der Waals surface area contributed by atoms with Crippen molar-refractivity contribution >= 4 is 33.6 Å². The van der Waals surface area contributed by atoms with Crippen molar-refractivity contribution < 1.29 is 9.59 Å². The van der Waals surface area contributed by atoms with Crippen LogP contribution in [0.4, 0.5) is 0 Å². The second-order valence-corrected chi connectivity index (χ2v) is 17.1. The Kier molecular flexibility index (Phi) is 18.1. The standard InChI is InChI=1S/C56H70N4O2/c1-5-9-13-23-35-59(36-24-14-10-6-2)55(61)49-41-53(43-27-19-17-20-28-43)57-51-33-31-45(39-47(49)51)46-32-34-52-48(40-46)50(42-54(58-52)44-29-21-18-22-30-44)56(62)60(37-25-15-11-7-3)38-26-16-12-8-4/h17-22,27-34,39-42H,5-16,23-26,35-38H2,1-4H3. The lowest BCUT2D eigenvalue weighted by Crippen LogP contribution is -2.33. The second kappa shape index (κ2) is 24.3. The maximum absolute atomic E-state index is 14.9. The number of carbonyl (C=O) groups is 2. The van der Waals surface area contributed by atoms with Crippen LogP contribution in [0.15, 0.2) is 109 Å². The molecule has 2 aromatic heterocycles. The first-order valence-corrected chi connectivity index (χ1v) is 24.0. The van der Waals surface area contributed by atoms with Gasteiger partial charge in [-0.2, -0.15) is 0 Å². The van der Waals surface area contributed by atoms with Crippen molar-refractivity contribution in [2.45, 2.75) is 130 Å². The highest BCUT2D eigenvalue weighted by Crippen LogP contribution is 2.34. The molecule has 6 nitrogen and oxygen atoms in total. The molecule has 0 atom stereocenters. The number of unbranched alkanes of at least 4 members (excludes halogenated alkanes) is 12. The molecule has 62 heavy (non-hydrogen) atoms. The number of hydrogen-bond donors (Lipinski definition) is 0. The number of pyridine rings is 2. The highest BCUT2D eigenvalue weighted by atomic mass is 16.2. The molecule has 2 amide bonds. The van der Waals surface area contributed by atoms with E-state index in [1.165, 1.54) is 25.7 Å². The summed E-state index contributed by atoms with van der Waals surface area (Å²) in [6, 6.07) is 37.0. The van der Waals surface area contributed by atoms with Crippen molar-refractivity contribution in [1.29, 1.82) is 0 Å². The smallest absolute Gasteiger partial charge is 0.254 e. The summed E-state index contributed by atoms with van der Waals surface area (Å²) in [6.07, 6.45) is 17.8. The molecule has 0 bridgehead atoms. The third-order valence-corrected chi connectivity index (χ3v) is 12.3. The van der Waals surface area contributed by atoms with Crippen molar-refractivity contribution in [2.75, 3.05) is 26.2 Å². The predicted octanol–water partition coefficient (Wildman–Crippen LogP) is 15.0. The Morgan fingerprint density at radius 3 is 1.05 bits per heavy atom. The largest absolute Gasteiger partial charge is 0.339 e. The third-order valence-electron chi connectivity index (χ3n) is 12.3. The Bertz CT molecular complexity index is 2130. The van der Waals surface area contributed by atoms with Gasteiger partial charge < -0.3 is 9.80 Å². The minimum absolute atomic E-state index is 0.0710. The molecular weight excluding hydrogens is 761 g/mol. The summed E-state index contributed by atoms with van der Waals surface area (Å²) in [5, 5.41) is 1.69. The molecule has 0 fully saturated rings. The molecule has 0 saturated carbocycles. The molecule has 0 saturated heterocycles. The Labute approximate surface area is 372 Å². The molecule has 0 radical (unpaired) electrons. The lowest BCUT2D eigenvalue weighted by atomic mass is 9.95. The fourth-order valence-corrected chi connectivity index (χ4v) is 8.57. The quantitative estimate of drug-likeness (QED) is 0.0539. The summed E-state index contributed by atoms with van der Waals surface area (Å²) in [7, 11) is 0. The zero-order valence-electron chi connectivity index (χ0n) is 38.1. The zero-order valence-corrected chi connectivity index (χ0v) is 38.1. The van der Waals surface area contributed by atoms with Crippen molar-refractivity contribution in [2.24, 2.45) is 0 Å². The van der Waals surface area contributed by atoms with Gasteiger partial charge in [-0.3, -0.25) is 9.59 Å². The normalized spacial score (nSPS) is 11.4. The fraction of sp³-hybridized carbons (Fsp3) is 0.429. The molecular formula is C56H70N4O2. The number of benzene rings is 4. The Morgan fingerprint density at radius 2 is 0.726 bits per heavy atom. The lowest BCUT2D eigenvalue weighted by Gasteiger charge is -2.24. The summed E-state index contributed by atoms with van der Waals surface area (Å²) >= 11 is 0. The van der Waals surface area contributed by atoms with Gasteiger partial charge in [0.1, 0.15) is 0 Å². The van der Waals surface area contributed by atoms with Gasteiger partial charge in [0.15, 0.2) is 0 Å². The van der Waals surface area contributed by atoms with Crippen molar-refractivity contribution in [3.8, 4) is 33.6 Å². The topological polar surface area (TPSA) is 66.4 Å². The van der Waals surface area contributed by atoms with Crippen LogP contribution in [0.5, 0.6) is 0 Å². The van der Waals surface area contributed by atoms with E-state index in [1.54, 1.807) is 0 Å². The van der Waals surface area contributed by atoms with E-state index in [1.807, 2.05) is 48.5 Å². The summed E-state index contributed by atoms with van der Waals surface area (Å²) < 4.78 is 0. The van der Waals surface area contributed by atoms with Crippen molar-refractivity contribution in [3.63, 3.8) is 0 Å². The number of amides is 2. The molecule has 0 spiro atoms. The predicted molar refractivity (Wildman–Crippen MR) is 262 cm³/mol. The van der Waals surface area contributed by atoms with Crippen LogP contribution in [-0.2, 0) is 0 Å². The number of fused-ring (bicyclic) bond motifs is 2. The lowest BCUT2D eigenvalue weighted by molar-refractivity contribution is 0.0743. The van der Waals surface area contributed by atoms with Gasteiger partial charge in [0.05, 0.1) is 33.5 Å². The highest BCUT2D eigenvalue weighted by Gasteiger charge is 2.23. The third kappa shape index (κ3) is 12.4. The average molecular weight is 831 g/mol. The number of rotatable bonds is 25. The van der Waals surface area contributed by atoms with Gasteiger partial charge in [0.25, 0.3) is 11.8 Å². The van der Waals surface area contributed by atoms with Gasteiger partial charge >= 0.3 is 0 Å². The first kappa shape index (κ1) is 46.2. The molecule has 2 heterocycles. The van der Waals surface area contributed by atoms with Crippen LogP contribution in [0.1, 0.15) is 151 Å². The van der Waals surface area contributed by atoms with Crippen LogP contribution in [0.2, 0.25) is 0 Å². The highest BCUT2D eigenvalue weighted by molar-refractivity contribution is 6.10. The Hall–Kier alpha value is -5.36. The molecule has 6 rings (SSSR count). The number of aromatic nitrogens is 2. The summed E-state index contributed by atoms with van der Waals surface area (Å²) in [5.74, 6) is 0.142. The van der Waals surface area contributed by atoms with Gasteiger partial charge in [-0.05, 0) is 73.2 Å². The van der Waals surface area contributed by atoms with Crippen LogP contribution in [-0.4, -0.2) is 57.8 Å². The van der Waals surface area contributed by atoms with E-state index in [9.17, 15) is 9.59 Å². The monoisotopic (exact) mass is 831 g/mol. The maximum Gasteiger partial charge on any atom is 0.254 e. The summed E-state index contributed by atoms with van der Waals surface area (Å²) in [5.41, 5.74) is 8.49. The summed E-state index contributed by atoms with van der Waals surface area (Å²) in [6.45, 7) is 11.9. The van der Waals surface area contributed by atoms with Crippen LogP contribution in [0.3, 0.4) is 0 Å². The average Bonchev–Trinajstić information content (AvgIpc) is 3.32. The molecule has 326 valence electrons. The maximum atomic E-state index is 14.9. The van der Waals surface area contributed by atoms with Gasteiger partial charge in [-0.25, -0.2) is 9.97 Å². The molecule has 0 unspecified atom stereocenters. The van der Waals surface area contributed by atoms with Gasteiger partial charge in [0, 0.05) is 48.1 Å². The molecule has 0 aliphatic carbocycles. The van der Waals surface area contributed by atoms with E-state index in [-0.39, 0.29) is 11.8 Å². The number of carbonyl (C=O) groups excluding carboxylic acids is 2. The fourth-order valence-electron chi connectivity index (χ4n) is 8.57. The van der Waals surface area contributed by atoms with Crippen LogP contribution >= 0.6 is 0 Å². The van der Waals surface area contributed by atoms with Crippen molar-refractivity contribution in [3.05, 3.63) is 120 Å².